The monoisotopic (exact) mass is 408 g/mol. The SMILES string of the molecule is Cc1ccc(-c2nc3sc(C(=O)O)c(C)c3c(=O)n2Cc2cccc(F)c2)cc1. The van der Waals surface area contributed by atoms with Crippen LogP contribution in [0.4, 0.5) is 4.39 Å². The van der Waals surface area contributed by atoms with Crippen LogP contribution < -0.4 is 5.56 Å². The van der Waals surface area contributed by atoms with Gasteiger partial charge in [0, 0.05) is 5.56 Å². The van der Waals surface area contributed by atoms with Crippen LogP contribution in [0.3, 0.4) is 0 Å². The number of fused-ring (bicyclic) bond motifs is 1. The zero-order valence-electron chi connectivity index (χ0n) is 15.8. The first-order chi connectivity index (χ1) is 13.8. The number of carbonyl (C=O) groups is 1. The molecule has 29 heavy (non-hydrogen) atoms. The Labute approximate surface area is 169 Å². The zero-order valence-corrected chi connectivity index (χ0v) is 16.6. The molecule has 0 amide bonds. The van der Waals surface area contributed by atoms with Gasteiger partial charge in [0.15, 0.2) is 0 Å². The predicted molar refractivity (Wildman–Crippen MR) is 111 cm³/mol. The lowest BCUT2D eigenvalue weighted by Gasteiger charge is -2.13. The minimum Gasteiger partial charge on any atom is -0.477 e. The maximum Gasteiger partial charge on any atom is 0.346 e. The summed E-state index contributed by atoms with van der Waals surface area (Å²) in [5.74, 6) is -1.05. The normalized spacial score (nSPS) is 11.1. The molecule has 0 aliphatic carbocycles. The van der Waals surface area contributed by atoms with Crippen molar-refractivity contribution in [3.8, 4) is 11.4 Å². The fraction of sp³-hybridized carbons (Fsp3) is 0.136. The Balaban J connectivity index is 2.01. The van der Waals surface area contributed by atoms with Gasteiger partial charge < -0.3 is 5.11 Å². The molecule has 0 fully saturated rings. The van der Waals surface area contributed by atoms with Gasteiger partial charge in [0.1, 0.15) is 21.3 Å². The topological polar surface area (TPSA) is 72.2 Å². The molecule has 0 aliphatic rings. The summed E-state index contributed by atoms with van der Waals surface area (Å²) < 4.78 is 15.2. The largest absolute Gasteiger partial charge is 0.477 e. The minimum atomic E-state index is -1.08. The average Bonchev–Trinajstić information content (AvgIpc) is 3.02. The number of carboxylic acids is 1. The van der Waals surface area contributed by atoms with Gasteiger partial charge in [-0.3, -0.25) is 9.36 Å². The van der Waals surface area contributed by atoms with Crippen LogP contribution in [-0.4, -0.2) is 20.6 Å². The van der Waals surface area contributed by atoms with E-state index in [0.29, 0.717) is 27.2 Å². The molecular weight excluding hydrogens is 391 g/mol. The maximum atomic E-state index is 13.7. The Morgan fingerprint density at radius 3 is 2.55 bits per heavy atom. The van der Waals surface area contributed by atoms with E-state index in [4.69, 9.17) is 0 Å². The molecule has 0 spiro atoms. The van der Waals surface area contributed by atoms with Crippen molar-refractivity contribution < 1.29 is 14.3 Å². The third-order valence-corrected chi connectivity index (χ3v) is 5.96. The van der Waals surface area contributed by atoms with E-state index in [2.05, 4.69) is 4.98 Å². The second-order valence-electron chi connectivity index (χ2n) is 6.86. The number of aryl methyl sites for hydroxylation is 2. The molecule has 0 atom stereocenters. The Morgan fingerprint density at radius 1 is 1.17 bits per heavy atom. The van der Waals surface area contributed by atoms with Gasteiger partial charge in [-0.15, -0.1) is 11.3 Å². The van der Waals surface area contributed by atoms with E-state index in [1.807, 2.05) is 31.2 Å². The molecule has 146 valence electrons. The smallest absolute Gasteiger partial charge is 0.346 e. The van der Waals surface area contributed by atoms with Gasteiger partial charge >= 0.3 is 5.97 Å². The molecule has 0 saturated carbocycles. The number of nitrogens with zero attached hydrogens (tertiary/aromatic N) is 2. The molecule has 2 aromatic heterocycles. The maximum absolute atomic E-state index is 13.7. The third-order valence-electron chi connectivity index (χ3n) is 4.78. The summed E-state index contributed by atoms with van der Waals surface area (Å²) in [4.78, 5) is 30.0. The third kappa shape index (κ3) is 3.45. The van der Waals surface area contributed by atoms with E-state index in [0.717, 1.165) is 22.5 Å². The summed E-state index contributed by atoms with van der Waals surface area (Å²) in [6.45, 7) is 3.70. The standard InChI is InChI=1S/C22H17FN2O3S/c1-12-6-8-15(9-7-12)19-24-20-17(13(2)18(29-20)22(27)28)21(26)25(19)11-14-4-3-5-16(23)10-14/h3-10H,11H2,1-2H3,(H,27,28). The second kappa shape index (κ2) is 7.25. The van der Waals surface area contributed by atoms with E-state index in [1.54, 1.807) is 19.1 Å². The highest BCUT2D eigenvalue weighted by Crippen LogP contribution is 2.30. The molecule has 0 radical (unpaired) electrons. The van der Waals surface area contributed by atoms with Crippen LogP contribution in [0.25, 0.3) is 21.6 Å². The minimum absolute atomic E-state index is 0.1000. The molecular formula is C22H17FN2O3S. The van der Waals surface area contributed by atoms with Gasteiger partial charge in [0.25, 0.3) is 5.56 Å². The predicted octanol–water partition coefficient (Wildman–Crippen LogP) is 4.63. The summed E-state index contributed by atoms with van der Waals surface area (Å²) in [5.41, 5.74) is 2.48. The van der Waals surface area contributed by atoms with Crippen LogP contribution in [0, 0.1) is 19.7 Å². The molecule has 2 heterocycles. The van der Waals surface area contributed by atoms with Crippen molar-refractivity contribution in [3.05, 3.63) is 86.3 Å². The zero-order chi connectivity index (χ0) is 20.7. The summed E-state index contributed by atoms with van der Waals surface area (Å²) in [5, 5.41) is 9.73. The number of hydrogen-bond acceptors (Lipinski definition) is 4. The lowest BCUT2D eigenvalue weighted by molar-refractivity contribution is 0.0701. The van der Waals surface area contributed by atoms with Crippen LogP contribution in [0.5, 0.6) is 0 Å². The highest BCUT2D eigenvalue weighted by molar-refractivity contribution is 7.20. The Bertz CT molecular complexity index is 1310. The van der Waals surface area contributed by atoms with Gasteiger partial charge in [-0.25, -0.2) is 14.2 Å². The van der Waals surface area contributed by atoms with Crippen LogP contribution in [0.15, 0.2) is 53.3 Å². The lowest BCUT2D eigenvalue weighted by atomic mass is 10.1. The van der Waals surface area contributed by atoms with Crippen molar-refractivity contribution in [1.29, 1.82) is 0 Å². The van der Waals surface area contributed by atoms with E-state index >= 15 is 0 Å². The van der Waals surface area contributed by atoms with Crippen LogP contribution in [0.2, 0.25) is 0 Å². The van der Waals surface area contributed by atoms with E-state index in [9.17, 15) is 19.1 Å². The fourth-order valence-electron chi connectivity index (χ4n) is 3.31. The average molecular weight is 408 g/mol. The van der Waals surface area contributed by atoms with Crippen molar-refractivity contribution in [3.63, 3.8) is 0 Å². The van der Waals surface area contributed by atoms with Gasteiger partial charge in [-0.05, 0) is 37.1 Å². The van der Waals surface area contributed by atoms with Crippen molar-refractivity contribution in [2.75, 3.05) is 0 Å². The molecule has 4 rings (SSSR count). The molecule has 1 N–H and O–H groups in total. The van der Waals surface area contributed by atoms with Gasteiger partial charge in [0.05, 0.1) is 11.9 Å². The highest BCUT2D eigenvalue weighted by Gasteiger charge is 2.22. The number of carboxylic acid groups (broad SMARTS) is 1. The molecule has 0 unspecified atom stereocenters. The van der Waals surface area contributed by atoms with Gasteiger partial charge in [-0.1, -0.05) is 42.0 Å². The highest BCUT2D eigenvalue weighted by atomic mass is 32.1. The van der Waals surface area contributed by atoms with Crippen LogP contribution >= 0.6 is 11.3 Å². The number of thiophene rings is 1. The van der Waals surface area contributed by atoms with Crippen LogP contribution in [0.1, 0.15) is 26.4 Å². The van der Waals surface area contributed by atoms with E-state index < -0.39 is 5.97 Å². The van der Waals surface area contributed by atoms with Gasteiger partial charge in [-0.2, -0.15) is 0 Å². The summed E-state index contributed by atoms with van der Waals surface area (Å²) in [6.07, 6.45) is 0. The van der Waals surface area contributed by atoms with Crippen molar-refractivity contribution >= 4 is 27.5 Å². The van der Waals surface area contributed by atoms with E-state index in [1.165, 1.54) is 16.7 Å². The molecule has 0 bridgehead atoms. The molecule has 0 aliphatic heterocycles. The molecule has 0 saturated heterocycles. The molecule has 2 aromatic carbocycles. The fourth-order valence-corrected chi connectivity index (χ4v) is 4.32. The van der Waals surface area contributed by atoms with Gasteiger partial charge in [0.2, 0.25) is 0 Å². The second-order valence-corrected chi connectivity index (χ2v) is 7.86. The summed E-state index contributed by atoms with van der Waals surface area (Å²) >= 11 is 0.992. The first-order valence-electron chi connectivity index (χ1n) is 8.94. The first kappa shape index (κ1) is 19.0. The number of aromatic nitrogens is 2. The number of halogens is 1. The lowest BCUT2D eigenvalue weighted by Crippen LogP contribution is -2.24. The summed E-state index contributed by atoms with van der Waals surface area (Å²) in [7, 11) is 0. The number of hydrogen-bond donors (Lipinski definition) is 1. The number of benzene rings is 2. The van der Waals surface area contributed by atoms with Crippen molar-refractivity contribution in [1.82, 2.24) is 9.55 Å². The number of aromatic carboxylic acids is 1. The number of rotatable bonds is 4. The Hall–Kier alpha value is -3.32. The molecule has 5 nitrogen and oxygen atoms in total. The Kier molecular flexibility index (Phi) is 4.76. The first-order valence-corrected chi connectivity index (χ1v) is 9.75. The molecule has 4 aromatic rings. The quantitative estimate of drug-likeness (QED) is 0.535. The van der Waals surface area contributed by atoms with Crippen LogP contribution in [-0.2, 0) is 6.54 Å². The van der Waals surface area contributed by atoms with Crippen molar-refractivity contribution in [2.24, 2.45) is 0 Å². The molecule has 7 heteroatoms. The van der Waals surface area contributed by atoms with E-state index in [-0.39, 0.29) is 22.8 Å². The summed E-state index contributed by atoms with van der Waals surface area (Å²) in [6, 6.07) is 13.6. The Morgan fingerprint density at radius 2 is 1.90 bits per heavy atom. The van der Waals surface area contributed by atoms with Crippen molar-refractivity contribution in [2.45, 2.75) is 20.4 Å².